The topological polar surface area (TPSA) is 64.0 Å². The first-order chi connectivity index (χ1) is 12.6. The van der Waals surface area contributed by atoms with E-state index < -0.39 is 0 Å². The summed E-state index contributed by atoms with van der Waals surface area (Å²) in [6.45, 7) is 4.41. The molecule has 0 spiro atoms. The molecule has 1 aromatic heterocycles. The molecule has 0 fully saturated rings. The lowest BCUT2D eigenvalue weighted by atomic mass is 10.2. The summed E-state index contributed by atoms with van der Waals surface area (Å²) in [4.78, 5) is 29.9. The maximum Gasteiger partial charge on any atom is 0.262 e. The number of hydrogen-bond acceptors (Lipinski definition) is 4. The van der Waals surface area contributed by atoms with Gasteiger partial charge in [0.2, 0.25) is 5.91 Å². The van der Waals surface area contributed by atoms with Crippen LogP contribution < -0.4 is 10.9 Å². The number of para-hydroxylation sites is 2. The fraction of sp³-hybridized carbons (Fsp3) is 0.250. The SMILES string of the molecule is CCCn1c(S[C@@H](C)C(=O)Nc2ccccc2)nc2ccccc2c1=O. The second-order valence-electron chi connectivity index (χ2n) is 5.98. The van der Waals surface area contributed by atoms with Crippen molar-refractivity contribution in [2.45, 2.75) is 37.2 Å². The average molecular weight is 367 g/mol. The number of benzene rings is 2. The van der Waals surface area contributed by atoms with Gasteiger partial charge in [0.25, 0.3) is 5.56 Å². The van der Waals surface area contributed by atoms with Crippen molar-refractivity contribution in [2.75, 3.05) is 5.32 Å². The summed E-state index contributed by atoms with van der Waals surface area (Å²) in [5, 5.41) is 3.69. The highest BCUT2D eigenvalue weighted by molar-refractivity contribution is 8.00. The van der Waals surface area contributed by atoms with Gasteiger partial charge in [-0.25, -0.2) is 4.98 Å². The summed E-state index contributed by atoms with van der Waals surface area (Å²) < 4.78 is 1.67. The third-order valence-corrected chi connectivity index (χ3v) is 5.06. The Morgan fingerprint density at radius 3 is 2.58 bits per heavy atom. The van der Waals surface area contributed by atoms with Gasteiger partial charge in [-0.05, 0) is 37.6 Å². The standard InChI is InChI=1S/C20H21N3O2S/c1-3-13-23-19(25)16-11-7-8-12-17(16)22-20(23)26-14(2)18(24)21-15-9-5-4-6-10-15/h4-12,14H,3,13H2,1-2H3,(H,21,24)/t14-/m0/s1. The van der Waals surface area contributed by atoms with E-state index in [-0.39, 0.29) is 16.7 Å². The molecule has 1 amide bonds. The minimum Gasteiger partial charge on any atom is -0.325 e. The Morgan fingerprint density at radius 1 is 1.15 bits per heavy atom. The van der Waals surface area contributed by atoms with E-state index in [0.717, 1.165) is 12.1 Å². The minimum absolute atomic E-state index is 0.0596. The molecule has 0 aliphatic carbocycles. The normalized spacial score (nSPS) is 12.1. The van der Waals surface area contributed by atoms with Gasteiger partial charge >= 0.3 is 0 Å². The molecule has 2 aromatic carbocycles. The second kappa shape index (κ2) is 8.19. The van der Waals surface area contributed by atoms with Crippen LogP contribution in [0.15, 0.2) is 64.5 Å². The molecule has 0 radical (unpaired) electrons. The van der Waals surface area contributed by atoms with Gasteiger partial charge in [0.05, 0.1) is 16.2 Å². The lowest BCUT2D eigenvalue weighted by Crippen LogP contribution is -2.27. The zero-order chi connectivity index (χ0) is 18.5. The number of amides is 1. The predicted octanol–water partition coefficient (Wildman–Crippen LogP) is 3.93. The second-order valence-corrected chi connectivity index (χ2v) is 7.29. The number of carbonyl (C=O) groups is 1. The molecule has 0 saturated heterocycles. The molecule has 3 aromatic rings. The highest BCUT2D eigenvalue weighted by Crippen LogP contribution is 2.23. The van der Waals surface area contributed by atoms with Crippen molar-refractivity contribution in [2.24, 2.45) is 0 Å². The molecule has 1 N–H and O–H groups in total. The van der Waals surface area contributed by atoms with Crippen LogP contribution in [-0.4, -0.2) is 20.7 Å². The summed E-state index contributed by atoms with van der Waals surface area (Å²) >= 11 is 1.31. The average Bonchev–Trinajstić information content (AvgIpc) is 2.65. The van der Waals surface area contributed by atoms with Gasteiger partial charge in [0, 0.05) is 12.2 Å². The summed E-state index contributed by atoms with van der Waals surface area (Å²) in [6.07, 6.45) is 0.818. The molecule has 1 atom stereocenters. The van der Waals surface area contributed by atoms with Crippen molar-refractivity contribution >= 4 is 34.3 Å². The molecule has 0 saturated carbocycles. The van der Waals surface area contributed by atoms with E-state index in [0.29, 0.717) is 22.6 Å². The molecule has 0 bridgehead atoms. The van der Waals surface area contributed by atoms with Crippen molar-refractivity contribution in [3.05, 3.63) is 65.0 Å². The number of rotatable bonds is 6. The first-order valence-corrected chi connectivity index (χ1v) is 9.50. The number of anilines is 1. The van der Waals surface area contributed by atoms with Crippen LogP contribution in [0, 0.1) is 0 Å². The van der Waals surface area contributed by atoms with Gasteiger partial charge in [-0.15, -0.1) is 0 Å². The number of carbonyl (C=O) groups excluding carboxylic acids is 1. The highest BCUT2D eigenvalue weighted by Gasteiger charge is 2.19. The minimum atomic E-state index is -0.383. The summed E-state index contributed by atoms with van der Waals surface area (Å²) in [7, 11) is 0. The zero-order valence-corrected chi connectivity index (χ0v) is 15.6. The number of nitrogens with one attached hydrogen (secondary N) is 1. The van der Waals surface area contributed by atoms with E-state index >= 15 is 0 Å². The Kier molecular flexibility index (Phi) is 5.73. The molecule has 3 rings (SSSR count). The molecule has 6 heteroatoms. The van der Waals surface area contributed by atoms with Crippen LogP contribution in [0.5, 0.6) is 0 Å². The molecule has 5 nitrogen and oxygen atoms in total. The van der Waals surface area contributed by atoms with Gasteiger partial charge < -0.3 is 5.32 Å². The zero-order valence-electron chi connectivity index (χ0n) is 14.8. The molecule has 0 unspecified atom stereocenters. The lowest BCUT2D eigenvalue weighted by molar-refractivity contribution is -0.115. The van der Waals surface area contributed by atoms with Gasteiger partial charge in [-0.2, -0.15) is 0 Å². The number of nitrogens with zero attached hydrogens (tertiary/aromatic N) is 2. The summed E-state index contributed by atoms with van der Waals surface area (Å²) in [6, 6.07) is 16.6. The van der Waals surface area contributed by atoms with Crippen LogP contribution in [0.1, 0.15) is 20.3 Å². The maximum atomic E-state index is 12.8. The third kappa shape index (κ3) is 3.96. The van der Waals surface area contributed by atoms with Crippen molar-refractivity contribution < 1.29 is 4.79 Å². The summed E-state index contributed by atoms with van der Waals surface area (Å²) in [5.41, 5.74) is 1.35. The third-order valence-electron chi connectivity index (χ3n) is 3.97. The number of thioether (sulfide) groups is 1. The first-order valence-electron chi connectivity index (χ1n) is 8.62. The molecule has 134 valence electrons. The highest BCUT2D eigenvalue weighted by atomic mass is 32.2. The number of fused-ring (bicyclic) bond motifs is 1. The Balaban J connectivity index is 1.88. The van der Waals surface area contributed by atoms with Crippen LogP contribution >= 0.6 is 11.8 Å². The van der Waals surface area contributed by atoms with E-state index in [9.17, 15) is 9.59 Å². The Bertz CT molecular complexity index is 970. The van der Waals surface area contributed by atoms with Crippen molar-refractivity contribution in [3.63, 3.8) is 0 Å². The Labute approximate surface area is 156 Å². The van der Waals surface area contributed by atoms with E-state index in [4.69, 9.17) is 0 Å². The van der Waals surface area contributed by atoms with Crippen LogP contribution in [0.4, 0.5) is 5.69 Å². The smallest absolute Gasteiger partial charge is 0.262 e. The van der Waals surface area contributed by atoms with Crippen molar-refractivity contribution in [1.29, 1.82) is 0 Å². The van der Waals surface area contributed by atoms with Gasteiger partial charge in [0.15, 0.2) is 5.16 Å². The molecular weight excluding hydrogens is 346 g/mol. The van der Waals surface area contributed by atoms with E-state index in [2.05, 4.69) is 10.3 Å². The fourth-order valence-electron chi connectivity index (χ4n) is 2.64. The Morgan fingerprint density at radius 2 is 1.85 bits per heavy atom. The fourth-order valence-corrected chi connectivity index (χ4v) is 3.57. The Hall–Kier alpha value is -2.60. The lowest BCUT2D eigenvalue weighted by Gasteiger charge is -2.16. The first kappa shape index (κ1) is 18.2. The van der Waals surface area contributed by atoms with E-state index in [1.54, 1.807) is 10.6 Å². The van der Waals surface area contributed by atoms with Gasteiger partial charge in [0.1, 0.15) is 0 Å². The molecule has 1 heterocycles. The van der Waals surface area contributed by atoms with Gasteiger partial charge in [-0.3, -0.25) is 14.2 Å². The number of hydrogen-bond donors (Lipinski definition) is 1. The molecule has 0 aliphatic rings. The van der Waals surface area contributed by atoms with Crippen LogP contribution in [-0.2, 0) is 11.3 Å². The van der Waals surface area contributed by atoms with E-state index in [1.807, 2.05) is 62.4 Å². The molecular formula is C20H21N3O2S. The van der Waals surface area contributed by atoms with Gasteiger partial charge in [-0.1, -0.05) is 49.0 Å². The van der Waals surface area contributed by atoms with Crippen LogP contribution in [0.2, 0.25) is 0 Å². The maximum absolute atomic E-state index is 12.8. The molecule has 0 aliphatic heterocycles. The van der Waals surface area contributed by atoms with Crippen LogP contribution in [0.3, 0.4) is 0 Å². The summed E-state index contributed by atoms with van der Waals surface area (Å²) in [5.74, 6) is -0.119. The van der Waals surface area contributed by atoms with E-state index in [1.165, 1.54) is 11.8 Å². The number of aromatic nitrogens is 2. The molecule has 26 heavy (non-hydrogen) atoms. The predicted molar refractivity (Wildman–Crippen MR) is 107 cm³/mol. The van der Waals surface area contributed by atoms with Crippen molar-refractivity contribution in [1.82, 2.24) is 9.55 Å². The largest absolute Gasteiger partial charge is 0.325 e. The quantitative estimate of drug-likeness (QED) is 0.530. The monoisotopic (exact) mass is 367 g/mol. The van der Waals surface area contributed by atoms with Crippen molar-refractivity contribution in [3.8, 4) is 0 Å². The van der Waals surface area contributed by atoms with Crippen LogP contribution in [0.25, 0.3) is 10.9 Å².